The van der Waals surface area contributed by atoms with Gasteiger partial charge in [-0.15, -0.1) is 0 Å². The molecular weight excluding hydrogens is 520 g/mol. The van der Waals surface area contributed by atoms with E-state index in [9.17, 15) is 40.9 Å². The molecule has 40 heavy (non-hydrogen) atoms. The molecule has 8 unspecified atom stereocenters. The molecule has 2 aliphatic rings. The third-order valence-electron chi connectivity index (χ3n) is 7.27. The first-order chi connectivity index (χ1) is 19.0. The highest BCUT2D eigenvalue weighted by atomic mass is 16.5. The number of benzene rings is 2. The molecular formula is C30H34O10. The predicted octanol–water partition coefficient (Wildman–Crippen LogP) is -1.64. The monoisotopic (exact) mass is 554 g/mol. The van der Waals surface area contributed by atoms with Crippen molar-refractivity contribution in [3.63, 3.8) is 0 Å². The van der Waals surface area contributed by atoms with Crippen LogP contribution < -0.4 is 0 Å². The zero-order valence-electron chi connectivity index (χ0n) is 22.0. The Labute approximate surface area is 232 Å². The van der Waals surface area contributed by atoms with Crippen LogP contribution in [0.2, 0.25) is 0 Å². The van der Waals surface area contributed by atoms with Crippen molar-refractivity contribution in [2.75, 3.05) is 13.2 Å². The van der Waals surface area contributed by atoms with E-state index in [1.54, 1.807) is 0 Å². The highest BCUT2D eigenvalue weighted by Crippen LogP contribution is 2.26. The summed E-state index contributed by atoms with van der Waals surface area (Å²) in [5.41, 5.74) is 4.93. The Kier molecular flexibility index (Phi) is 9.62. The van der Waals surface area contributed by atoms with E-state index < -0.39 is 74.3 Å². The minimum atomic E-state index is -1.48. The van der Waals surface area contributed by atoms with E-state index in [0.717, 1.165) is 22.3 Å². The van der Waals surface area contributed by atoms with E-state index in [-0.39, 0.29) is 0 Å². The van der Waals surface area contributed by atoms with Crippen LogP contribution in [0, 0.1) is 37.5 Å². The summed E-state index contributed by atoms with van der Waals surface area (Å²) < 4.78 is 10.9. The summed E-state index contributed by atoms with van der Waals surface area (Å²) in [5.74, 6) is 11.5. The number of ether oxygens (including phenoxy) is 2. The SMILES string of the molecule is Cc1cc(-c2ccc(C#CC3OC(CO)[C@@H](O)C(O)C3O)c(C)c2)ccc1C#CC1OC(CO)[C@@H](O)C(O)C1O. The van der Waals surface area contributed by atoms with Crippen molar-refractivity contribution in [3.05, 3.63) is 58.7 Å². The van der Waals surface area contributed by atoms with Crippen molar-refractivity contribution in [3.8, 4) is 34.8 Å². The van der Waals surface area contributed by atoms with E-state index in [2.05, 4.69) is 23.7 Å². The van der Waals surface area contributed by atoms with E-state index >= 15 is 0 Å². The maximum absolute atomic E-state index is 10.2. The van der Waals surface area contributed by atoms with Crippen molar-refractivity contribution in [2.24, 2.45) is 0 Å². The van der Waals surface area contributed by atoms with Crippen molar-refractivity contribution in [1.29, 1.82) is 0 Å². The quantitative estimate of drug-likeness (QED) is 0.205. The Balaban J connectivity index is 1.49. The van der Waals surface area contributed by atoms with Gasteiger partial charge in [-0.2, -0.15) is 0 Å². The van der Waals surface area contributed by atoms with Gasteiger partial charge in [-0.05, 0) is 48.2 Å². The number of aryl methyl sites for hydroxylation is 2. The molecule has 8 N–H and O–H groups in total. The molecule has 2 fully saturated rings. The van der Waals surface area contributed by atoms with Crippen LogP contribution in [0.25, 0.3) is 11.1 Å². The van der Waals surface area contributed by atoms with Crippen LogP contribution in [0.5, 0.6) is 0 Å². The molecule has 0 bridgehead atoms. The molecule has 0 aliphatic carbocycles. The van der Waals surface area contributed by atoms with E-state index in [1.807, 2.05) is 50.2 Å². The van der Waals surface area contributed by atoms with Gasteiger partial charge in [-0.3, -0.25) is 0 Å². The first-order valence-corrected chi connectivity index (χ1v) is 12.9. The summed E-state index contributed by atoms with van der Waals surface area (Å²) in [6, 6.07) is 11.3. The average molecular weight is 555 g/mol. The zero-order valence-corrected chi connectivity index (χ0v) is 22.0. The van der Waals surface area contributed by atoms with E-state index in [1.165, 1.54) is 0 Å². The summed E-state index contributed by atoms with van der Waals surface area (Å²) in [4.78, 5) is 0. The third-order valence-corrected chi connectivity index (χ3v) is 7.27. The van der Waals surface area contributed by atoms with Crippen LogP contribution in [0.4, 0.5) is 0 Å². The number of rotatable bonds is 3. The van der Waals surface area contributed by atoms with Crippen LogP contribution in [0.15, 0.2) is 36.4 Å². The standard InChI is InChI=1S/C30H34O10/c1-15-11-19(5-3-17(15)7-9-21-25(33)29(37)27(35)23(13-31)39-21)20-6-4-18(16(2)12-20)8-10-22-26(34)30(38)28(36)24(14-32)40-22/h3-6,11-12,21-38H,13-14H2,1-2H3/t21?,22?,23?,24?,25?,26?,27-,28-,29?,30?/m1/s1. The number of hydrogen-bond donors (Lipinski definition) is 8. The van der Waals surface area contributed by atoms with Gasteiger partial charge in [0.2, 0.25) is 0 Å². The smallest absolute Gasteiger partial charge is 0.147 e. The Morgan fingerprint density at radius 3 is 1.27 bits per heavy atom. The Morgan fingerprint density at radius 1 is 0.575 bits per heavy atom. The summed E-state index contributed by atoms with van der Waals surface area (Å²) in [5, 5.41) is 78.9. The first kappa shape index (κ1) is 30.1. The Morgan fingerprint density at radius 2 is 0.950 bits per heavy atom. The molecule has 10 nitrogen and oxygen atoms in total. The Hall–Kier alpha value is -2.84. The van der Waals surface area contributed by atoms with Gasteiger partial charge in [0.25, 0.3) is 0 Å². The van der Waals surface area contributed by atoms with Crippen molar-refractivity contribution in [2.45, 2.75) is 74.9 Å². The second-order valence-electron chi connectivity index (χ2n) is 10.1. The van der Waals surface area contributed by atoms with E-state index in [0.29, 0.717) is 11.1 Å². The minimum absolute atomic E-state index is 0.519. The van der Waals surface area contributed by atoms with Crippen molar-refractivity contribution < 1.29 is 50.3 Å². The molecule has 10 heteroatoms. The van der Waals surface area contributed by atoms with Gasteiger partial charge < -0.3 is 50.3 Å². The van der Waals surface area contributed by atoms with Crippen molar-refractivity contribution >= 4 is 0 Å². The molecule has 0 radical (unpaired) electrons. The summed E-state index contributed by atoms with van der Waals surface area (Å²) in [6.07, 6.45) is -12.9. The molecule has 2 aliphatic heterocycles. The normalized spacial score (nSPS) is 33.9. The van der Waals surface area contributed by atoms with Crippen molar-refractivity contribution in [1.82, 2.24) is 0 Å². The van der Waals surface area contributed by atoms with Gasteiger partial charge >= 0.3 is 0 Å². The fourth-order valence-electron chi connectivity index (χ4n) is 4.71. The first-order valence-electron chi connectivity index (χ1n) is 12.9. The second-order valence-corrected chi connectivity index (χ2v) is 10.1. The molecule has 10 atom stereocenters. The maximum Gasteiger partial charge on any atom is 0.147 e. The zero-order chi connectivity index (χ0) is 29.1. The van der Waals surface area contributed by atoms with Gasteiger partial charge in [-0.1, -0.05) is 47.9 Å². The lowest BCUT2D eigenvalue weighted by Gasteiger charge is -2.37. The van der Waals surface area contributed by atoms with Gasteiger partial charge in [-0.25, -0.2) is 0 Å². The molecule has 2 aromatic carbocycles. The van der Waals surface area contributed by atoms with Crippen LogP contribution in [-0.4, -0.2) is 115 Å². The Bertz CT molecular complexity index is 1220. The molecule has 4 rings (SSSR count). The lowest BCUT2D eigenvalue weighted by atomic mass is 9.94. The molecule has 0 amide bonds. The third kappa shape index (κ3) is 6.23. The van der Waals surface area contributed by atoms with Gasteiger partial charge in [0, 0.05) is 11.1 Å². The lowest BCUT2D eigenvalue weighted by molar-refractivity contribution is -0.214. The van der Waals surface area contributed by atoms with E-state index in [4.69, 9.17) is 9.47 Å². The minimum Gasteiger partial charge on any atom is -0.394 e. The summed E-state index contributed by atoms with van der Waals surface area (Å²) in [6.45, 7) is 2.73. The van der Waals surface area contributed by atoms with Crippen LogP contribution in [0.1, 0.15) is 22.3 Å². The number of aliphatic hydroxyl groups excluding tert-OH is 8. The summed E-state index contributed by atoms with van der Waals surface area (Å²) in [7, 11) is 0. The average Bonchev–Trinajstić information content (AvgIpc) is 2.95. The van der Waals surface area contributed by atoms with Crippen LogP contribution in [0.3, 0.4) is 0 Å². The topological polar surface area (TPSA) is 180 Å². The second kappa shape index (κ2) is 12.8. The van der Waals surface area contributed by atoms with Gasteiger partial charge in [0.1, 0.15) is 61.0 Å². The number of hydrogen-bond acceptors (Lipinski definition) is 10. The number of aliphatic hydroxyl groups is 8. The largest absolute Gasteiger partial charge is 0.394 e. The molecule has 2 saturated heterocycles. The van der Waals surface area contributed by atoms with Crippen LogP contribution in [-0.2, 0) is 9.47 Å². The molecule has 0 aromatic heterocycles. The maximum atomic E-state index is 10.2. The fourth-order valence-corrected chi connectivity index (χ4v) is 4.71. The summed E-state index contributed by atoms with van der Waals surface area (Å²) >= 11 is 0. The van der Waals surface area contributed by atoms with Gasteiger partial charge in [0.15, 0.2) is 0 Å². The van der Waals surface area contributed by atoms with Gasteiger partial charge in [0.05, 0.1) is 13.2 Å². The van der Waals surface area contributed by atoms with Crippen LogP contribution >= 0.6 is 0 Å². The predicted molar refractivity (Wildman–Crippen MR) is 143 cm³/mol. The molecule has 214 valence electrons. The lowest BCUT2D eigenvalue weighted by Crippen LogP contribution is -2.58. The fraction of sp³-hybridized carbons (Fsp3) is 0.467. The highest BCUT2D eigenvalue weighted by Gasteiger charge is 2.43. The molecule has 2 aromatic rings. The molecule has 0 saturated carbocycles. The molecule has 2 heterocycles. The highest BCUT2D eigenvalue weighted by molar-refractivity contribution is 5.68. The molecule has 0 spiro atoms.